The molecule has 0 saturated carbocycles. The molecule has 4 aromatic heterocycles. The second-order valence-electron chi connectivity index (χ2n) is 7.21. The number of rotatable bonds is 1. The van der Waals surface area contributed by atoms with Gasteiger partial charge in [0.25, 0.3) is 0 Å². The standard InChI is InChI=1S/C24H14N4O/c1-2-6-19-18(5-1)26-24-27(20-7-3-4-8-21(20)28(19)24)15-9-10-22-17(13-15)16-11-12-25-14-23(16)29-22/h1-14H. The van der Waals surface area contributed by atoms with E-state index in [9.17, 15) is 0 Å². The van der Waals surface area contributed by atoms with Crippen LogP contribution in [0.15, 0.2) is 89.6 Å². The zero-order chi connectivity index (χ0) is 18.9. The largest absolute Gasteiger partial charge is 0.454 e. The van der Waals surface area contributed by atoms with Crippen molar-refractivity contribution in [3.05, 3.63) is 85.2 Å². The number of benzene rings is 3. The normalized spacial score (nSPS) is 12.1. The molecule has 5 nitrogen and oxygen atoms in total. The molecule has 0 unspecified atom stereocenters. The average Bonchev–Trinajstić information content (AvgIpc) is 3.41. The van der Waals surface area contributed by atoms with Crippen molar-refractivity contribution in [3.8, 4) is 5.69 Å². The van der Waals surface area contributed by atoms with Gasteiger partial charge in [-0.2, -0.15) is 0 Å². The maximum Gasteiger partial charge on any atom is 0.220 e. The van der Waals surface area contributed by atoms with Gasteiger partial charge in [0.15, 0.2) is 5.58 Å². The van der Waals surface area contributed by atoms with E-state index in [0.717, 1.165) is 55.5 Å². The highest BCUT2D eigenvalue weighted by Gasteiger charge is 2.17. The van der Waals surface area contributed by atoms with E-state index in [1.807, 2.05) is 18.2 Å². The van der Waals surface area contributed by atoms with E-state index in [4.69, 9.17) is 9.40 Å². The van der Waals surface area contributed by atoms with E-state index >= 15 is 0 Å². The van der Waals surface area contributed by atoms with Crippen molar-refractivity contribution in [3.63, 3.8) is 0 Å². The minimum Gasteiger partial charge on any atom is -0.454 e. The Morgan fingerprint density at radius 3 is 2.48 bits per heavy atom. The summed E-state index contributed by atoms with van der Waals surface area (Å²) in [5.74, 6) is 0.904. The summed E-state index contributed by atoms with van der Waals surface area (Å²) in [6.45, 7) is 0. The van der Waals surface area contributed by atoms with Gasteiger partial charge in [0.05, 0.1) is 34.0 Å². The second kappa shape index (κ2) is 5.23. The van der Waals surface area contributed by atoms with Gasteiger partial charge >= 0.3 is 0 Å². The Balaban J connectivity index is 1.65. The molecule has 4 heterocycles. The molecule has 0 bridgehead atoms. The predicted molar refractivity (Wildman–Crippen MR) is 115 cm³/mol. The molecule has 0 aliphatic carbocycles. The quantitative estimate of drug-likeness (QED) is 0.369. The lowest BCUT2D eigenvalue weighted by molar-refractivity contribution is 0.667. The highest BCUT2D eigenvalue weighted by molar-refractivity contribution is 6.05. The lowest BCUT2D eigenvalue weighted by atomic mass is 10.1. The molecular weight excluding hydrogens is 360 g/mol. The molecule has 0 radical (unpaired) electrons. The minimum atomic E-state index is 0.800. The van der Waals surface area contributed by atoms with Crippen LogP contribution in [0, 0.1) is 0 Å². The summed E-state index contributed by atoms with van der Waals surface area (Å²) in [5.41, 5.74) is 7.07. The fourth-order valence-electron chi connectivity index (χ4n) is 4.36. The maximum atomic E-state index is 5.96. The number of hydrogen-bond donors (Lipinski definition) is 0. The van der Waals surface area contributed by atoms with Crippen molar-refractivity contribution in [2.75, 3.05) is 0 Å². The summed E-state index contributed by atoms with van der Waals surface area (Å²) < 4.78 is 10.4. The van der Waals surface area contributed by atoms with Crippen LogP contribution in [-0.4, -0.2) is 18.9 Å². The number of furan rings is 1. The number of fused-ring (bicyclic) bond motifs is 8. The molecular formula is C24H14N4O. The molecule has 3 aromatic carbocycles. The first kappa shape index (κ1) is 14.9. The summed E-state index contributed by atoms with van der Waals surface area (Å²) in [6, 6.07) is 25.0. The van der Waals surface area contributed by atoms with Crippen molar-refractivity contribution in [2.45, 2.75) is 0 Å². The zero-order valence-electron chi connectivity index (χ0n) is 15.3. The minimum absolute atomic E-state index is 0.800. The van der Waals surface area contributed by atoms with Crippen molar-refractivity contribution in [2.24, 2.45) is 0 Å². The SMILES string of the molecule is c1ccc2c(c1)nc1n(-c3ccc4oc5cnccc5c4c3)c3ccccc3n21. The van der Waals surface area contributed by atoms with E-state index in [2.05, 4.69) is 68.5 Å². The highest BCUT2D eigenvalue weighted by Crippen LogP contribution is 2.33. The Bertz CT molecular complexity index is 1720. The molecule has 0 fully saturated rings. The van der Waals surface area contributed by atoms with Crippen LogP contribution in [0.25, 0.3) is 55.5 Å². The fourth-order valence-corrected chi connectivity index (χ4v) is 4.36. The first-order valence-corrected chi connectivity index (χ1v) is 9.52. The van der Waals surface area contributed by atoms with Crippen LogP contribution in [-0.2, 0) is 0 Å². The first-order valence-electron chi connectivity index (χ1n) is 9.52. The topological polar surface area (TPSA) is 48.3 Å². The number of pyridine rings is 1. The van der Waals surface area contributed by atoms with Crippen LogP contribution in [0.1, 0.15) is 0 Å². The van der Waals surface area contributed by atoms with Crippen molar-refractivity contribution < 1.29 is 4.42 Å². The molecule has 7 aromatic rings. The zero-order valence-corrected chi connectivity index (χ0v) is 15.3. The summed E-state index contributed by atoms with van der Waals surface area (Å²) in [4.78, 5) is 9.13. The number of imidazole rings is 2. The lowest BCUT2D eigenvalue weighted by Gasteiger charge is -2.05. The monoisotopic (exact) mass is 374 g/mol. The Kier molecular flexibility index (Phi) is 2.68. The Labute approximate surface area is 164 Å². The molecule has 0 aliphatic rings. The number of hydrogen-bond acceptors (Lipinski definition) is 3. The van der Waals surface area contributed by atoms with E-state index in [1.165, 1.54) is 0 Å². The molecule has 0 aliphatic heterocycles. The molecule has 0 spiro atoms. The predicted octanol–water partition coefficient (Wildman–Crippen LogP) is 5.73. The Hall–Kier alpha value is -4.12. The van der Waals surface area contributed by atoms with Crippen LogP contribution < -0.4 is 0 Å². The van der Waals surface area contributed by atoms with Gasteiger partial charge in [0, 0.05) is 17.0 Å². The number of aromatic nitrogens is 4. The lowest BCUT2D eigenvalue weighted by Crippen LogP contribution is -1.94. The third kappa shape index (κ3) is 1.88. The molecule has 29 heavy (non-hydrogen) atoms. The van der Waals surface area contributed by atoms with Gasteiger partial charge < -0.3 is 4.42 Å². The molecule has 0 saturated heterocycles. The molecule has 7 rings (SSSR count). The summed E-state index contributed by atoms with van der Waals surface area (Å²) in [5, 5.41) is 2.14. The Morgan fingerprint density at radius 2 is 1.55 bits per heavy atom. The van der Waals surface area contributed by atoms with Gasteiger partial charge in [-0.05, 0) is 48.5 Å². The van der Waals surface area contributed by atoms with Crippen LogP contribution in [0.2, 0.25) is 0 Å². The van der Waals surface area contributed by atoms with Crippen LogP contribution >= 0.6 is 0 Å². The molecule has 136 valence electrons. The van der Waals surface area contributed by atoms with Gasteiger partial charge in [-0.25, -0.2) is 4.98 Å². The molecule has 0 amide bonds. The van der Waals surface area contributed by atoms with Crippen LogP contribution in [0.3, 0.4) is 0 Å². The van der Waals surface area contributed by atoms with Gasteiger partial charge in [-0.3, -0.25) is 14.0 Å². The van der Waals surface area contributed by atoms with E-state index in [1.54, 1.807) is 12.4 Å². The molecule has 0 atom stereocenters. The first-order chi connectivity index (χ1) is 14.4. The number of nitrogens with zero attached hydrogens (tertiary/aromatic N) is 4. The van der Waals surface area contributed by atoms with E-state index < -0.39 is 0 Å². The third-order valence-corrected chi connectivity index (χ3v) is 5.62. The van der Waals surface area contributed by atoms with Gasteiger partial charge in [-0.15, -0.1) is 0 Å². The second-order valence-corrected chi connectivity index (χ2v) is 7.21. The van der Waals surface area contributed by atoms with E-state index in [-0.39, 0.29) is 0 Å². The summed E-state index contributed by atoms with van der Waals surface area (Å²) >= 11 is 0. The van der Waals surface area contributed by atoms with Gasteiger partial charge in [-0.1, -0.05) is 24.3 Å². The van der Waals surface area contributed by atoms with E-state index in [0.29, 0.717) is 0 Å². The van der Waals surface area contributed by atoms with Crippen molar-refractivity contribution >= 4 is 49.8 Å². The maximum absolute atomic E-state index is 5.96. The third-order valence-electron chi connectivity index (χ3n) is 5.62. The molecule has 5 heteroatoms. The average molecular weight is 374 g/mol. The van der Waals surface area contributed by atoms with Gasteiger partial charge in [0.1, 0.15) is 5.58 Å². The fraction of sp³-hybridized carbons (Fsp3) is 0. The summed E-state index contributed by atoms with van der Waals surface area (Å²) in [7, 11) is 0. The molecule has 0 N–H and O–H groups in total. The van der Waals surface area contributed by atoms with Crippen molar-refractivity contribution in [1.29, 1.82) is 0 Å². The van der Waals surface area contributed by atoms with Crippen LogP contribution in [0.4, 0.5) is 0 Å². The Morgan fingerprint density at radius 1 is 0.724 bits per heavy atom. The van der Waals surface area contributed by atoms with Gasteiger partial charge in [0.2, 0.25) is 5.78 Å². The highest BCUT2D eigenvalue weighted by atomic mass is 16.3. The summed E-state index contributed by atoms with van der Waals surface area (Å²) in [6.07, 6.45) is 3.56. The van der Waals surface area contributed by atoms with Crippen molar-refractivity contribution in [1.82, 2.24) is 18.9 Å². The van der Waals surface area contributed by atoms with Crippen LogP contribution in [0.5, 0.6) is 0 Å². The smallest absolute Gasteiger partial charge is 0.220 e. The number of para-hydroxylation sites is 4.